The summed E-state index contributed by atoms with van der Waals surface area (Å²) in [6, 6.07) is 5.97. The first-order valence-electron chi connectivity index (χ1n) is 6.45. The number of halogens is 1. The maximum atomic E-state index is 11.9. The number of nitrogens with zero attached hydrogens (tertiary/aromatic N) is 2. The van der Waals surface area contributed by atoms with E-state index in [0.29, 0.717) is 11.4 Å². The minimum Gasteiger partial charge on any atom is -0.268 e. The number of nitrogens with one attached hydrogen (secondary N) is 2. The van der Waals surface area contributed by atoms with Crippen LogP contribution in [0.3, 0.4) is 0 Å². The van der Waals surface area contributed by atoms with Crippen LogP contribution in [0.15, 0.2) is 32.8 Å². The van der Waals surface area contributed by atoms with Crippen molar-refractivity contribution in [3.63, 3.8) is 0 Å². The Labute approximate surface area is 138 Å². The number of hydrazine groups is 1. The first kappa shape index (κ1) is 16.4. The van der Waals surface area contributed by atoms with Crippen molar-refractivity contribution in [3.05, 3.63) is 49.0 Å². The lowest BCUT2D eigenvalue weighted by atomic mass is 10.3. The van der Waals surface area contributed by atoms with E-state index in [1.807, 2.05) is 6.92 Å². The summed E-state index contributed by atoms with van der Waals surface area (Å²) in [6.07, 6.45) is 0.724. The van der Waals surface area contributed by atoms with Crippen LogP contribution in [0, 0.1) is 0 Å². The molecule has 0 radical (unpaired) electrons. The van der Waals surface area contributed by atoms with E-state index in [2.05, 4.69) is 31.9 Å². The van der Waals surface area contributed by atoms with Crippen molar-refractivity contribution in [2.75, 3.05) is 0 Å². The van der Waals surface area contributed by atoms with Gasteiger partial charge in [0.1, 0.15) is 0 Å². The van der Waals surface area contributed by atoms with Crippen molar-refractivity contribution >= 4 is 39.1 Å². The average molecular weight is 385 g/mol. The smallest absolute Gasteiger partial charge is 0.268 e. The van der Waals surface area contributed by atoms with Gasteiger partial charge in [0.25, 0.3) is 17.4 Å². The van der Waals surface area contributed by atoms with Gasteiger partial charge in [-0.2, -0.15) is 5.10 Å². The molecule has 0 aromatic carbocycles. The van der Waals surface area contributed by atoms with E-state index in [9.17, 15) is 14.4 Å². The lowest BCUT2D eigenvalue weighted by Crippen LogP contribution is -2.42. The van der Waals surface area contributed by atoms with Gasteiger partial charge in [-0.15, -0.1) is 11.3 Å². The number of rotatable bonds is 4. The molecule has 116 valence electrons. The molecule has 2 heterocycles. The molecule has 22 heavy (non-hydrogen) atoms. The summed E-state index contributed by atoms with van der Waals surface area (Å²) in [6.45, 7) is 2.33. The molecule has 9 heteroatoms. The van der Waals surface area contributed by atoms with Crippen molar-refractivity contribution < 1.29 is 9.59 Å². The largest absolute Gasteiger partial charge is 0.290 e. The molecule has 2 aromatic heterocycles. The van der Waals surface area contributed by atoms with E-state index in [-0.39, 0.29) is 11.3 Å². The minimum atomic E-state index is -0.589. The Balaban J connectivity index is 2.02. The van der Waals surface area contributed by atoms with E-state index < -0.39 is 11.8 Å². The van der Waals surface area contributed by atoms with Crippen LogP contribution in [0.5, 0.6) is 0 Å². The SMILES string of the molecule is CCCn1nc(C(=O)NNC(=O)c2ccc(Br)s2)ccc1=O. The topological polar surface area (TPSA) is 93.1 Å². The van der Waals surface area contributed by atoms with Crippen LogP contribution >= 0.6 is 27.3 Å². The summed E-state index contributed by atoms with van der Waals surface area (Å²) in [7, 11) is 0. The normalized spacial score (nSPS) is 10.3. The van der Waals surface area contributed by atoms with Gasteiger partial charge >= 0.3 is 0 Å². The molecule has 0 aliphatic heterocycles. The Bertz CT molecular complexity index is 756. The maximum absolute atomic E-state index is 11.9. The zero-order valence-electron chi connectivity index (χ0n) is 11.6. The Morgan fingerprint density at radius 2 is 1.95 bits per heavy atom. The van der Waals surface area contributed by atoms with Gasteiger partial charge in [0, 0.05) is 12.6 Å². The lowest BCUT2D eigenvalue weighted by molar-refractivity contribution is 0.0844. The highest BCUT2D eigenvalue weighted by molar-refractivity contribution is 9.11. The average Bonchev–Trinajstić information content (AvgIpc) is 2.93. The van der Waals surface area contributed by atoms with Gasteiger partial charge in [-0.05, 0) is 40.5 Å². The van der Waals surface area contributed by atoms with Crippen LogP contribution in [-0.2, 0) is 6.54 Å². The van der Waals surface area contributed by atoms with Gasteiger partial charge < -0.3 is 0 Å². The van der Waals surface area contributed by atoms with Crippen LogP contribution in [0.2, 0.25) is 0 Å². The molecule has 0 atom stereocenters. The van der Waals surface area contributed by atoms with Crippen molar-refractivity contribution in [2.45, 2.75) is 19.9 Å². The Morgan fingerprint density at radius 1 is 1.23 bits per heavy atom. The summed E-state index contributed by atoms with van der Waals surface area (Å²) < 4.78 is 2.03. The number of aromatic nitrogens is 2. The summed E-state index contributed by atoms with van der Waals surface area (Å²) in [4.78, 5) is 35.7. The molecule has 0 saturated carbocycles. The fraction of sp³-hybridized carbons (Fsp3) is 0.231. The molecule has 0 fully saturated rings. The molecule has 0 aliphatic carbocycles. The number of hydrogen-bond acceptors (Lipinski definition) is 5. The number of carbonyl (C=O) groups excluding carboxylic acids is 2. The Kier molecular flexibility index (Phi) is 5.45. The quantitative estimate of drug-likeness (QED) is 0.782. The summed E-state index contributed by atoms with van der Waals surface area (Å²) in [5.41, 5.74) is 4.35. The second-order valence-electron chi connectivity index (χ2n) is 4.29. The van der Waals surface area contributed by atoms with E-state index >= 15 is 0 Å². The highest BCUT2D eigenvalue weighted by atomic mass is 79.9. The summed E-state index contributed by atoms with van der Waals surface area (Å²) in [5, 5.41) is 3.95. The van der Waals surface area contributed by atoms with Crippen molar-refractivity contribution in [3.8, 4) is 0 Å². The second kappa shape index (κ2) is 7.32. The van der Waals surface area contributed by atoms with E-state index in [0.717, 1.165) is 10.2 Å². The van der Waals surface area contributed by atoms with Crippen molar-refractivity contribution in [2.24, 2.45) is 0 Å². The van der Waals surface area contributed by atoms with Gasteiger partial charge in [-0.1, -0.05) is 6.92 Å². The number of thiophene rings is 1. The predicted molar refractivity (Wildman–Crippen MR) is 85.7 cm³/mol. The minimum absolute atomic E-state index is 0.0562. The van der Waals surface area contributed by atoms with E-state index in [1.165, 1.54) is 28.2 Å². The van der Waals surface area contributed by atoms with Gasteiger partial charge in [0.15, 0.2) is 5.69 Å². The van der Waals surface area contributed by atoms with E-state index in [4.69, 9.17) is 0 Å². The third kappa shape index (κ3) is 4.01. The molecule has 2 rings (SSSR count). The van der Waals surface area contributed by atoms with E-state index in [1.54, 1.807) is 12.1 Å². The molecule has 0 bridgehead atoms. The Morgan fingerprint density at radius 3 is 2.59 bits per heavy atom. The van der Waals surface area contributed by atoms with Crippen molar-refractivity contribution in [1.29, 1.82) is 0 Å². The zero-order valence-corrected chi connectivity index (χ0v) is 14.0. The zero-order chi connectivity index (χ0) is 16.1. The number of hydrogen-bond donors (Lipinski definition) is 2. The molecule has 0 unspecified atom stereocenters. The number of aryl methyl sites for hydroxylation is 1. The first-order valence-corrected chi connectivity index (χ1v) is 8.06. The highest BCUT2D eigenvalue weighted by Gasteiger charge is 2.12. The molecule has 0 aliphatic rings. The van der Waals surface area contributed by atoms with Crippen LogP contribution in [0.4, 0.5) is 0 Å². The predicted octanol–water partition coefficient (Wildman–Crippen LogP) is 1.55. The van der Waals surface area contributed by atoms with Crippen LogP contribution in [-0.4, -0.2) is 21.6 Å². The standard InChI is InChI=1S/C13H13BrN4O3S/c1-2-7-18-11(19)6-3-8(17-18)12(20)15-16-13(21)9-4-5-10(14)22-9/h3-6H,2,7H2,1H3,(H,15,20)(H,16,21). The summed E-state index contributed by atoms with van der Waals surface area (Å²) >= 11 is 4.50. The van der Waals surface area contributed by atoms with Gasteiger partial charge in [-0.3, -0.25) is 25.2 Å². The van der Waals surface area contributed by atoms with Gasteiger partial charge in [-0.25, -0.2) is 4.68 Å². The second-order valence-corrected chi connectivity index (χ2v) is 6.75. The van der Waals surface area contributed by atoms with Gasteiger partial charge in [0.05, 0.1) is 8.66 Å². The molecule has 0 spiro atoms. The monoisotopic (exact) mass is 384 g/mol. The lowest BCUT2D eigenvalue weighted by Gasteiger charge is -2.07. The maximum Gasteiger partial charge on any atom is 0.290 e. The van der Waals surface area contributed by atoms with Gasteiger partial charge in [0.2, 0.25) is 0 Å². The molecule has 7 nitrogen and oxygen atoms in total. The molecule has 2 N–H and O–H groups in total. The fourth-order valence-corrected chi connectivity index (χ4v) is 2.90. The van der Waals surface area contributed by atoms with Crippen LogP contribution < -0.4 is 16.4 Å². The number of carbonyl (C=O) groups is 2. The molecular weight excluding hydrogens is 372 g/mol. The Hall–Kier alpha value is -2.00. The van der Waals surface area contributed by atoms with Crippen LogP contribution in [0.25, 0.3) is 0 Å². The fourth-order valence-electron chi connectivity index (χ4n) is 1.62. The first-order chi connectivity index (χ1) is 10.5. The van der Waals surface area contributed by atoms with Crippen LogP contribution in [0.1, 0.15) is 33.5 Å². The molecular formula is C13H13BrN4O3S. The number of amides is 2. The summed E-state index contributed by atoms with van der Waals surface area (Å²) in [5.74, 6) is -1.01. The molecule has 2 amide bonds. The third-order valence-corrected chi connectivity index (χ3v) is 4.24. The molecule has 0 saturated heterocycles. The van der Waals surface area contributed by atoms with Crippen molar-refractivity contribution in [1.82, 2.24) is 20.6 Å². The highest BCUT2D eigenvalue weighted by Crippen LogP contribution is 2.21. The third-order valence-electron chi connectivity index (χ3n) is 2.62. The molecule has 2 aromatic rings.